The number of fused-ring (bicyclic) bond motifs is 1. The van der Waals surface area contributed by atoms with E-state index >= 15 is 0 Å². The molecule has 10 heteroatoms. The number of urea groups is 1. The van der Waals surface area contributed by atoms with Crippen LogP contribution < -0.4 is 10.6 Å². The van der Waals surface area contributed by atoms with Crippen molar-refractivity contribution in [2.24, 2.45) is 0 Å². The number of anilines is 1. The Morgan fingerprint density at radius 1 is 1.23 bits per heavy atom. The number of carbonyl (C=O) groups is 3. The van der Waals surface area contributed by atoms with E-state index in [2.05, 4.69) is 15.6 Å². The van der Waals surface area contributed by atoms with E-state index in [-0.39, 0.29) is 17.8 Å². The number of hydrogen-bond acceptors (Lipinski definition) is 5. The van der Waals surface area contributed by atoms with Crippen LogP contribution in [0.2, 0.25) is 0 Å². The lowest BCUT2D eigenvalue weighted by Crippen LogP contribution is -2.46. The largest absolute Gasteiger partial charge is 0.361 e. The highest BCUT2D eigenvalue weighted by atomic mass is 16.6. The minimum Gasteiger partial charge on any atom is -0.361 e. The van der Waals surface area contributed by atoms with Crippen LogP contribution in [0.5, 0.6) is 0 Å². The van der Waals surface area contributed by atoms with Gasteiger partial charge in [0.2, 0.25) is 5.91 Å². The van der Waals surface area contributed by atoms with Gasteiger partial charge in [-0.3, -0.25) is 24.6 Å². The van der Waals surface area contributed by atoms with Crippen molar-refractivity contribution in [2.75, 3.05) is 5.32 Å². The number of nitrogens with zero attached hydrogens (tertiary/aromatic N) is 2. The quantitative estimate of drug-likeness (QED) is 0.319. The Morgan fingerprint density at radius 3 is 2.77 bits per heavy atom. The average Bonchev–Trinajstić information content (AvgIpc) is 3.28. The molecule has 1 aliphatic heterocycles. The lowest BCUT2D eigenvalue weighted by Gasteiger charge is -2.20. The number of aromatic nitrogens is 1. The molecule has 10 nitrogen and oxygen atoms in total. The van der Waals surface area contributed by atoms with E-state index < -0.39 is 34.9 Å². The molecule has 1 aromatic heterocycles. The lowest BCUT2D eigenvalue weighted by molar-refractivity contribution is -0.384. The SMILES string of the molecule is C[C@@H](C(=O)Nc1cccc([N+](=O)[O-])c1)N1C(=O)N[C@@H](Cc2c[nH]c3ccccc23)C1=O. The van der Waals surface area contributed by atoms with Crippen LogP contribution in [0.25, 0.3) is 10.9 Å². The number of carbonyl (C=O) groups excluding carboxylic acids is 3. The number of nitrogens with one attached hydrogen (secondary N) is 3. The minimum absolute atomic E-state index is 0.181. The first kappa shape index (κ1) is 20.1. The fourth-order valence-corrected chi connectivity index (χ4v) is 3.63. The van der Waals surface area contributed by atoms with Crippen molar-refractivity contribution in [2.45, 2.75) is 25.4 Å². The van der Waals surface area contributed by atoms with Crippen LogP contribution in [0, 0.1) is 10.1 Å². The Bertz CT molecular complexity index is 1200. The number of para-hydroxylation sites is 1. The van der Waals surface area contributed by atoms with Crippen LogP contribution in [0.3, 0.4) is 0 Å². The van der Waals surface area contributed by atoms with Gasteiger partial charge in [-0.1, -0.05) is 24.3 Å². The van der Waals surface area contributed by atoms with Crippen LogP contribution in [0.15, 0.2) is 54.7 Å². The van der Waals surface area contributed by atoms with Crippen molar-refractivity contribution >= 4 is 40.1 Å². The lowest BCUT2D eigenvalue weighted by atomic mass is 10.0. The van der Waals surface area contributed by atoms with Gasteiger partial charge in [-0.2, -0.15) is 0 Å². The van der Waals surface area contributed by atoms with E-state index in [9.17, 15) is 24.5 Å². The van der Waals surface area contributed by atoms with Gasteiger partial charge in [-0.15, -0.1) is 0 Å². The van der Waals surface area contributed by atoms with E-state index in [1.807, 2.05) is 24.3 Å². The molecule has 0 unspecified atom stereocenters. The summed E-state index contributed by atoms with van der Waals surface area (Å²) >= 11 is 0. The second kappa shape index (κ2) is 7.90. The van der Waals surface area contributed by atoms with Crippen molar-refractivity contribution in [3.05, 3.63) is 70.4 Å². The van der Waals surface area contributed by atoms with Gasteiger partial charge < -0.3 is 15.6 Å². The number of aromatic amines is 1. The van der Waals surface area contributed by atoms with Crippen LogP contribution in [0.4, 0.5) is 16.2 Å². The van der Waals surface area contributed by atoms with Crippen LogP contribution in [-0.4, -0.2) is 44.7 Å². The molecule has 3 N–H and O–H groups in total. The number of amides is 4. The maximum absolute atomic E-state index is 12.9. The molecule has 0 aliphatic carbocycles. The number of rotatable bonds is 6. The normalized spacial score (nSPS) is 16.9. The third-order valence-electron chi connectivity index (χ3n) is 5.24. The molecular formula is C21H19N5O5. The second-order valence-electron chi connectivity index (χ2n) is 7.25. The van der Waals surface area contributed by atoms with Crippen molar-refractivity contribution in [3.63, 3.8) is 0 Å². The summed E-state index contributed by atoms with van der Waals surface area (Å²) in [5, 5.41) is 17.0. The number of hydrogen-bond donors (Lipinski definition) is 3. The zero-order valence-corrected chi connectivity index (χ0v) is 16.5. The first-order chi connectivity index (χ1) is 14.8. The summed E-state index contributed by atoms with van der Waals surface area (Å²) in [4.78, 5) is 52.3. The Morgan fingerprint density at radius 2 is 2.00 bits per heavy atom. The maximum Gasteiger partial charge on any atom is 0.325 e. The number of benzene rings is 2. The van der Waals surface area contributed by atoms with Crippen LogP contribution in [0.1, 0.15) is 12.5 Å². The Kier molecular flexibility index (Phi) is 5.12. The number of nitro groups is 1. The Balaban J connectivity index is 1.47. The summed E-state index contributed by atoms with van der Waals surface area (Å²) in [5.74, 6) is -1.13. The third-order valence-corrected chi connectivity index (χ3v) is 5.24. The van der Waals surface area contributed by atoms with Gasteiger partial charge in [0.1, 0.15) is 12.1 Å². The molecule has 3 aromatic rings. The van der Waals surface area contributed by atoms with Gasteiger partial charge in [-0.25, -0.2) is 4.79 Å². The molecule has 0 radical (unpaired) electrons. The topological polar surface area (TPSA) is 137 Å². The third kappa shape index (κ3) is 3.82. The summed E-state index contributed by atoms with van der Waals surface area (Å²) in [5.41, 5.74) is 1.83. The monoisotopic (exact) mass is 421 g/mol. The van der Waals surface area contributed by atoms with Gasteiger partial charge in [0.25, 0.3) is 11.6 Å². The number of non-ortho nitro benzene ring substituents is 1. The van der Waals surface area contributed by atoms with Crippen molar-refractivity contribution in [1.29, 1.82) is 0 Å². The molecule has 0 bridgehead atoms. The van der Waals surface area contributed by atoms with Crippen molar-refractivity contribution in [1.82, 2.24) is 15.2 Å². The molecule has 0 spiro atoms. The van der Waals surface area contributed by atoms with Crippen LogP contribution in [-0.2, 0) is 16.0 Å². The summed E-state index contributed by atoms with van der Waals surface area (Å²) in [6.07, 6.45) is 2.08. The molecule has 2 aromatic carbocycles. The predicted molar refractivity (Wildman–Crippen MR) is 112 cm³/mol. The molecule has 1 aliphatic rings. The molecule has 4 amide bonds. The van der Waals surface area contributed by atoms with E-state index in [1.54, 1.807) is 6.20 Å². The number of nitro benzene ring substituents is 1. The summed E-state index contributed by atoms with van der Waals surface area (Å²) in [6, 6.07) is 10.5. The molecular weight excluding hydrogens is 402 g/mol. The van der Waals surface area contributed by atoms with Crippen molar-refractivity contribution < 1.29 is 19.3 Å². The highest BCUT2D eigenvalue weighted by Gasteiger charge is 2.43. The minimum atomic E-state index is -1.10. The maximum atomic E-state index is 12.9. The fourth-order valence-electron chi connectivity index (χ4n) is 3.63. The molecule has 4 rings (SSSR count). The zero-order chi connectivity index (χ0) is 22.1. The van der Waals surface area contributed by atoms with Gasteiger partial charge in [0.15, 0.2) is 0 Å². The highest BCUT2D eigenvalue weighted by molar-refractivity contribution is 6.09. The predicted octanol–water partition coefficient (Wildman–Crippen LogP) is 2.57. The highest BCUT2D eigenvalue weighted by Crippen LogP contribution is 2.23. The van der Waals surface area contributed by atoms with Crippen molar-refractivity contribution in [3.8, 4) is 0 Å². The van der Waals surface area contributed by atoms with E-state index in [1.165, 1.54) is 31.2 Å². The van der Waals surface area contributed by atoms with Gasteiger partial charge in [0, 0.05) is 41.3 Å². The van der Waals surface area contributed by atoms with E-state index in [0.717, 1.165) is 21.4 Å². The average molecular weight is 421 g/mol. The zero-order valence-electron chi connectivity index (χ0n) is 16.5. The molecule has 0 saturated carbocycles. The molecule has 1 fully saturated rings. The number of imide groups is 1. The molecule has 158 valence electrons. The Hall–Kier alpha value is -4.21. The second-order valence-corrected chi connectivity index (χ2v) is 7.25. The summed E-state index contributed by atoms with van der Waals surface area (Å²) < 4.78 is 0. The van der Waals surface area contributed by atoms with Gasteiger partial charge >= 0.3 is 6.03 Å². The smallest absolute Gasteiger partial charge is 0.325 e. The van der Waals surface area contributed by atoms with E-state index in [4.69, 9.17) is 0 Å². The standard InChI is InChI=1S/C21H19N5O5/c1-12(19(27)23-14-5-4-6-15(10-14)26(30)31)25-20(28)18(24-21(25)29)9-13-11-22-17-8-3-2-7-16(13)17/h2-8,10-12,18,22H,9H2,1H3,(H,23,27)(H,24,29)/t12-,18-/m0/s1. The Labute approximate surface area is 176 Å². The molecule has 1 saturated heterocycles. The molecule has 2 atom stereocenters. The number of H-pyrrole nitrogens is 1. The van der Waals surface area contributed by atoms with Gasteiger partial charge in [-0.05, 0) is 24.6 Å². The van der Waals surface area contributed by atoms with Crippen LogP contribution >= 0.6 is 0 Å². The van der Waals surface area contributed by atoms with Gasteiger partial charge in [0.05, 0.1) is 4.92 Å². The molecule has 31 heavy (non-hydrogen) atoms. The molecule has 2 heterocycles. The first-order valence-electron chi connectivity index (χ1n) is 9.59. The fraction of sp³-hybridized carbons (Fsp3) is 0.190. The van der Waals surface area contributed by atoms with E-state index in [0.29, 0.717) is 0 Å². The summed E-state index contributed by atoms with van der Waals surface area (Å²) in [7, 11) is 0. The summed E-state index contributed by atoms with van der Waals surface area (Å²) in [6.45, 7) is 1.43. The first-order valence-corrected chi connectivity index (χ1v) is 9.59.